The maximum atomic E-state index is 11.9. The standard InChI is InChI=1S/C21H32O2/c1-16-8-6-10-17(2)12-14-20(19(4)21(22)23-5)15-13-18(3)11-7-9-16/h8,11-12,14,19H,6-7,9-10,13,15H2,1-5H3/b16-8+,17-12+,18-11+,20-14+. The van der Waals surface area contributed by atoms with Crippen molar-refractivity contribution < 1.29 is 9.53 Å². The van der Waals surface area contributed by atoms with E-state index in [1.165, 1.54) is 23.8 Å². The minimum absolute atomic E-state index is 0.149. The Bertz CT molecular complexity index is 518. The molecule has 2 nitrogen and oxygen atoms in total. The molecular weight excluding hydrogens is 284 g/mol. The van der Waals surface area contributed by atoms with Crippen LogP contribution in [0.2, 0.25) is 0 Å². The summed E-state index contributed by atoms with van der Waals surface area (Å²) in [6.45, 7) is 8.52. The lowest BCUT2D eigenvalue weighted by Gasteiger charge is -2.14. The van der Waals surface area contributed by atoms with E-state index in [1.54, 1.807) is 0 Å². The van der Waals surface area contributed by atoms with Gasteiger partial charge in [0.2, 0.25) is 0 Å². The van der Waals surface area contributed by atoms with Crippen LogP contribution in [0.15, 0.2) is 46.6 Å². The van der Waals surface area contributed by atoms with Gasteiger partial charge in [-0.15, -0.1) is 0 Å². The molecule has 1 aliphatic carbocycles. The van der Waals surface area contributed by atoms with E-state index in [0.717, 1.165) is 44.1 Å². The molecule has 1 aliphatic rings. The Morgan fingerprint density at radius 3 is 2.09 bits per heavy atom. The lowest BCUT2D eigenvalue weighted by Crippen LogP contribution is -2.15. The second-order valence-corrected chi connectivity index (χ2v) is 6.68. The molecule has 2 heteroatoms. The molecule has 0 aliphatic heterocycles. The van der Waals surface area contributed by atoms with Crippen LogP contribution in [0.4, 0.5) is 0 Å². The summed E-state index contributed by atoms with van der Waals surface area (Å²) in [6.07, 6.45) is 15.3. The zero-order valence-corrected chi connectivity index (χ0v) is 15.4. The Kier molecular flexibility index (Phi) is 8.68. The van der Waals surface area contributed by atoms with Gasteiger partial charge < -0.3 is 4.74 Å². The average molecular weight is 316 g/mol. The summed E-state index contributed by atoms with van der Waals surface area (Å²) in [6, 6.07) is 0. The number of hydrogen-bond acceptors (Lipinski definition) is 2. The van der Waals surface area contributed by atoms with Crippen LogP contribution in [0.3, 0.4) is 0 Å². The average Bonchev–Trinajstić information content (AvgIpc) is 2.52. The van der Waals surface area contributed by atoms with E-state index in [9.17, 15) is 4.79 Å². The molecule has 0 spiro atoms. The minimum Gasteiger partial charge on any atom is -0.469 e. The highest BCUT2D eigenvalue weighted by molar-refractivity contribution is 5.75. The first-order chi connectivity index (χ1) is 10.9. The number of rotatable bonds is 2. The monoisotopic (exact) mass is 316 g/mol. The molecule has 0 amide bonds. The van der Waals surface area contributed by atoms with Crippen LogP contribution < -0.4 is 0 Å². The van der Waals surface area contributed by atoms with E-state index in [1.807, 2.05) is 6.92 Å². The highest BCUT2D eigenvalue weighted by Gasteiger charge is 2.17. The highest BCUT2D eigenvalue weighted by Crippen LogP contribution is 2.22. The second kappa shape index (κ2) is 10.3. The first-order valence-electron chi connectivity index (χ1n) is 8.69. The summed E-state index contributed by atoms with van der Waals surface area (Å²) in [4.78, 5) is 11.9. The molecule has 128 valence electrons. The summed E-state index contributed by atoms with van der Waals surface area (Å²) >= 11 is 0. The molecule has 0 saturated heterocycles. The fraction of sp³-hybridized carbons (Fsp3) is 0.571. The van der Waals surface area contributed by atoms with Crippen LogP contribution >= 0.6 is 0 Å². The summed E-state index contributed by atoms with van der Waals surface area (Å²) < 4.78 is 4.92. The van der Waals surface area contributed by atoms with Crippen molar-refractivity contribution in [3.05, 3.63) is 46.6 Å². The van der Waals surface area contributed by atoms with E-state index < -0.39 is 0 Å². The predicted molar refractivity (Wildman–Crippen MR) is 98.2 cm³/mol. The van der Waals surface area contributed by atoms with Gasteiger partial charge in [0.15, 0.2) is 0 Å². The Labute approximate surface area is 142 Å². The number of allylic oxidation sites excluding steroid dienone is 7. The predicted octanol–water partition coefficient (Wildman–Crippen LogP) is 5.92. The molecule has 0 fully saturated rings. The van der Waals surface area contributed by atoms with Gasteiger partial charge in [0.25, 0.3) is 0 Å². The molecule has 0 saturated carbocycles. The maximum Gasteiger partial charge on any atom is 0.312 e. The zero-order valence-electron chi connectivity index (χ0n) is 15.4. The lowest BCUT2D eigenvalue weighted by atomic mass is 9.93. The number of ether oxygens (including phenoxy) is 1. The van der Waals surface area contributed by atoms with Crippen LogP contribution in [0, 0.1) is 5.92 Å². The van der Waals surface area contributed by atoms with Gasteiger partial charge in [-0.25, -0.2) is 0 Å². The van der Waals surface area contributed by atoms with Gasteiger partial charge in [-0.3, -0.25) is 4.79 Å². The molecule has 0 aromatic carbocycles. The van der Waals surface area contributed by atoms with Gasteiger partial charge in [0, 0.05) is 0 Å². The molecule has 0 aromatic heterocycles. The molecule has 0 radical (unpaired) electrons. The molecule has 1 rings (SSSR count). The van der Waals surface area contributed by atoms with E-state index in [0.29, 0.717) is 0 Å². The molecule has 0 bridgehead atoms. The van der Waals surface area contributed by atoms with Gasteiger partial charge in [-0.05, 0) is 66.2 Å². The van der Waals surface area contributed by atoms with Crippen molar-refractivity contribution in [2.45, 2.75) is 66.2 Å². The normalized spacial score (nSPS) is 28.6. The molecule has 23 heavy (non-hydrogen) atoms. The van der Waals surface area contributed by atoms with Gasteiger partial charge in [0.05, 0.1) is 13.0 Å². The Morgan fingerprint density at radius 2 is 1.48 bits per heavy atom. The smallest absolute Gasteiger partial charge is 0.312 e. The SMILES string of the molecule is COC(=O)C(C)/C1=C/C=C(\C)CC/C=C(\C)CC/C=C(\C)CC1. The van der Waals surface area contributed by atoms with Crippen LogP contribution in [0.25, 0.3) is 0 Å². The number of hydrogen-bond donors (Lipinski definition) is 0. The highest BCUT2D eigenvalue weighted by atomic mass is 16.5. The van der Waals surface area contributed by atoms with Crippen molar-refractivity contribution >= 4 is 5.97 Å². The van der Waals surface area contributed by atoms with Crippen LogP contribution in [-0.4, -0.2) is 13.1 Å². The molecule has 0 heterocycles. The largest absolute Gasteiger partial charge is 0.469 e. The first-order valence-corrected chi connectivity index (χ1v) is 8.69. The van der Waals surface area contributed by atoms with Gasteiger partial charge in [-0.2, -0.15) is 0 Å². The van der Waals surface area contributed by atoms with E-state index >= 15 is 0 Å². The fourth-order valence-electron chi connectivity index (χ4n) is 2.74. The molecular formula is C21H32O2. The third kappa shape index (κ3) is 7.49. The third-order valence-electron chi connectivity index (χ3n) is 4.56. The topological polar surface area (TPSA) is 26.3 Å². The lowest BCUT2D eigenvalue weighted by molar-refractivity contribution is -0.143. The number of carbonyl (C=O) groups is 1. The fourth-order valence-corrected chi connectivity index (χ4v) is 2.74. The van der Waals surface area contributed by atoms with Crippen LogP contribution in [0.1, 0.15) is 66.2 Å². The van der Waals surface area contributed by atoms with Gasteiger partial charge in [-0.1, -0.05) is 46.6 Å². The second-order valence-electron chi connectivity index (χ2n) is 6.68. The summed E-state index contributed by atoms with van der Waals surface area (Å²) in [7, 11) is 1.46. The summed E-state index contributed by atoms with van der Waals surface area (Å²) in [5.74, 6) is -0.324. The van der Waals surface area contributed by atoms with Gasteiger partial charge in [0.1, 0.15) is 0 Å². The van der Waals surface area contributed by atoms with Crippen molar-refractivity contribution in [2.75, 3.05) is 7.11 Å². The van der Waals surface area contributed by atoms with Gasteiger partial charge >= 0.3 is 5.97 Å². The van der Waals surface area contributed by atoms with Crippen LogP contribution in [-0.2, 0) is 9.53 Å². The minimum atomic E-state index is -0.174. The number of methoxy groups -OCH3 is 1. The zero-order chi connectivity index (χ0) is 17.2. The quantitative estimate of drug-likeness (QED) is 0.467. The molecule has 0 N–H and O–H groups in total. The van der Waals surface area contributed by atoms with Crippen molar-refractivity contribution in [3.8, 4) is 0 Å². The Morgan fingerprint density at radius 1 is 0.913 bits per heavy atom. The third-order valence-corrected chi connectivity index (χ3v) is 4.56. The van der Waals surface area contributed by atoms with E-state index in [4.69, 9.17) is 4.74 Å². The number of esters is 1. The first kappa shape index (κ1) is 19.5. The Balaban J connectivity index is 2.99. The van der Waals surface area contributed by atoms with Crippen molar-refractivity contribution in [1.29, 1.82) is 0 Å². The summed E-state index contributed by atoms with van der Waals surface area (Å²) in [5, 5.41) is 0. The van der Waals surface area contributed by atoms with Crippen molar-refractivity contribution in [1.82, 2.24) is 0 Å². The van der Waals surface area contributed by atoms with Crippen molar-refractivity contribution in [2.24, 2.45) is 5.92 Å². The molecule has 0 aromatic rings. The molecule has 1 unspecified atom stereocenters. The molecule has 1 atom stereocenters. The maximum absolute atomic E-state index is 11.9. The number of carbonyl (C=O) groups excluding carboxylic acids is 1. The van der Waals surface area contributed by atoms with Crippen molar-refractivity contribution in [3.63, 3.8) is 0 Å². The van der Waals surface area contributed by atoms with E-state index in [2.05, 4.69) is 45.1 Å². The Hall–Kier alpha value is -1.57. The van der Waals surface area contributed by atoms with E-state index in [-0.39, 0.29) is 11.9 Å². The van der Waals surface area contributed by atoms with Crippen LogP contribution in [0.5, 0.6) is 0 Å². The summed E-state index contributed by atoms with van der Waals surface area (Å²) in [5.41, 5.74) is 5.40.